The quantitative estimate of drug-likeness (QED) is 0.758. The first-order valence-electron chi connectivity index (χ1n) is 9.41. The minimum absolute atomic E-state index is 0.0909. The van der Waals surface area contributed by atoms with Crippen molar-refractivity contribution in [2.75, 3.05) is 26.2 Å². The number of hydrogen-bond acceptors (Lipinski definition) is 2. The molecule has 144 valence electrons. The van der Waals surface area contributed by atoms with Crippen molar-refractivity contribution in [3.8, 4) is 0 Å². The minimum atomic E-state index is -4.42. The molecule has 5 nitrogen and oxygen atoms in total. The van der Waals surface area contributed by atoms with Gasteiger partial charge >= 0.3 is 12.2 Å². The fraction of sp³-hybridized carbons (Fsp3) is 0.778. The van der Waals surface area contributed by atoms with Crippen LogP contribution in [0.3, 0.4) is 0 Å². The average Bonchev–Trinajstić information content (AvgIpc) is 3.06. The highest BCUT2D eigenvalue weighted by molar-refractivity contribution is 5.87. The Hall–Kier alpha value is -1.73. The van der Waals surface area contributed by atoms with Crippen molar-refractivity contribution in [3.05, 3.63) is 12.2 Å². The Labute approximate surface area is 150 Å². The number of carbonyl (C=O) groups is 2. The van der Waals surface area contributed by atoms with E-state index < -0.39 is 24.7 Å². The Bertz CT molecular complexity index is 599. The molecule has 5 aliphatic rings. The van der Waals surface area contributed by atoms with Crippen molar-refractivity contribution in [2.45, 2.75) is 37.9 Å². The van der Waals surface area contributed by atoms with Crippen LogP contribution < -0.4 is 5.32 Å². The van der Waals surface area contributed by atoms with Gasteiger partial charge in [-0.15, -0.1) is 0 Å². The van der Waals surface area contributed by atoms with E-state index in [1.807, 2.05) is 0 Å². The summed E-state index contributed by atoms with van der Waals surface area (Å²) in [6.45, 7) is 0.194. The van der Waals surface area contributed by atoms with E-state index in [1.165, 1.54) is 12.8 Å². The molecule has 0 spiro atoms. The van der Waals surface area contributed by atoms with Gasteiger partial charge in [-0.2, -0.15) is 13.2 Å². The molecule has 2 saturated heterocycles. The molecular formula is C18H24F3N3O2. The molecule has 2 heterocycles. The summed E-state index contributed by atoms with van der Waals surface area (Å²) >= 11 is 0. The van der Waals surface area contributed by atoms with Crippen LogP contribution in [0.2, 0.25) is 0 Å². The van der Waals surface area contributed by atoms with Crippen molar-refractivity contribution < 1.29 is 22.8 Å². The monoisotopic (exact) mass is 371 g/mol. The van der Waals surface area contributed by atoms with E-state index >= 15 is 0 Å². The zero-order valence-corrected chi connectivity index (χ0v) is 14.5. The third-order valence-electron chi connectivity index (χ3n) is 6.44. The summed E-state index contributed by atoms with van der Waals surface area (Å²) in [5, 5.41) is 2.69. The first kappa shape index (κ1) is 17.7. The lowest BCUT2D eigenvalue weighted by Crippen LogP contribution is -2.56. The number of hydrogen-bond donors (Lipinski definition) is 1. The molecule has 5 atom stereocenters. The number of likely N-dealkylation sites (tertiary alicyclic amines) is 2. The topological polar surface area (TPSA) is 52.7 Å². The predicted octanol–water partition coefficient (Wildman–Crippen LogP) is 2.39. The second-order valence-electron chi connectivity index (χ2n) is 8.04. The fourth-order valence-corrected chi connectivity index (χ4v) is 5.19. The van der Waals surface area contributed by atoms with Gasteiger partial charge in [0.15, 0.2) is 0 Å². The van der Waals surface area contributed by atoms with Gasteiger partial charge in [0.2, 0.25) is 5.91 Å². The molecule has 0 aromatic carbocycles. The van der Waals surface area contributed by atoms with Crippen LogP contribution in [0.5, 0.6) is 0 Å². The Kier molecular flexibility index (Phi) is 4.39. The van der Waals surface area contributed by atoms with Crippen LogP contribution in [0.25, 0.3) is 0 Å². The first-order valence-corrected chi connectivity index (χ1v) is 9.41. The van der Waals surface area contributed by atoms with Crippen LogP contribution in [0, 0.1) is 23.7 Å². The lowest BCUT2D eigenvalue weighted by molar-refractivity contribution is -0.164. The minimum Gasteiger partial charge on any atom is -0.332 e. The Morgan fingerprint density at radius 1 is 1.12 bits per heavy atom. The second-order valence-corrected chi connectivity index (χ2v) is 8.04. The third-order valence-corrected chi connectivity index (χ3v) is 6.44. The third kappa shape index (κ3) is 3.30. The van der Waals surface area contributed by atoms with Crippen molar-refractivity contribution in [1.29, 1.82) is 0 Å². The van der Waals surface area contributed by atoms with Crippen molar-refractivity contribution in [1.82, 2.24) is 15.1 Å². The molecule has 5 unspecified atom stereocenters. The van der Waals surface area contributed by atoms with E-state index in [9.17, 15) is 22.8 Å². The highest BCUT2D eigenvalue weighted by atomic mass is 19.4. The molecule has 3 amide bonds. The van der Waals surface area contributed by atoms with Crippen LogP contribution in [0.1, 0.15) is 25.7 Å². The molecule has 26 heavy (non-hydrogen) atoms. The average molecular weight is 371 g/mol. The molecular weight excluding hydrogens is 347 g/mol. The summed E-state index contributed by atoms with van der Waals surface area (Å²) in [5.74, 6) is 1.39. The summed E-state index contributed by atoms with van der Waals surface area (Å²) in [5.41, 5.74) is 0. The number of carbonyl (C=O) groups excluding carboxylic acids is 2. The van der Waals surface area contributed by atoms with Crippen LogP contribution in [-0.2, 0) is 4.79 Å². The van der Waals surface area contributed by atoms with Gasteiger partial charge in [0.25, 0.3) is 0 Å². The van der Waals surface area contributed by atoms with Crippen LogP contribution in [0.15, 0.2) is 12.2 Å². The predicted molar refractivity (Wildman–Crippen MR) is 88.1 cm³/mol. The summed E-state index contributed by atoms with van der Waals surface area (Å²) in [6, 6.07) is -1.16. The molecule has 2 aliphatic heterocycles. The Morgan fingerprint density at radius 2 is 1.73 bits per heavy atom. The Morgan fingerprint density at radius 3 is 2.27 bits per heavy atom. The first-order chi connectivity index (χ1) is 12.3. The number of nitrogens with zero attached hydrogens (tertiary/aromatic N) is 2. The molecule has 5 rings (SSSR count). The van der Waals surface area contributed by atoms with Gasteiger partial charge in [-0.05, 0) is 49.4 Å². The van der Waals surface area contributed by atoms with Crippen molar-refractivity contribution in [3.63, 3.8) is 0 Å². The zero-order chi connectivity index (χ0) is 18.5. The van der Waals surface area contributed by atoms with Crippen LogP contribution >= 0.6 is 0 Å². The number of urea groups is 1. The molecule has 0 aromatic rings. The van der Waals surface area contributed by atoms with Crippen LogP contribution in [-0.4, -0.2) is 60.1 Å². The highest BCUT2D eigenvalue weighted by Gasteiger charge is 2.47. The molecule has 2 bridgehead atoms. The normalized spacial score (nSPS) is 36.4. The maximum Gasteiger partial charge on any atom is 0.406 e. The van der Waals surface area contributed by atoms with Gasteiger partial charge in [-0.25, -0.2) is 4.79 Å². The molecule has 0 aromatic heterocycles. The number of fused-ring (bicyclic) bond motifs is 1. The maximum atomic E-state index is 12.6. The number of alkyl halides is 3. The van der Waals surface area contributed by atoms with Crippen molar-refractivity contribution >= 4 is 11.9 Å². The molecule has 3 aliphatic carbocycles. The SMILES string of the molecule is O=C(NC1CCCN(CC(F)(F)F)C1=O)N1CC2C3C=CC(CC3)C2C1. The van der Waals surface area contributed by atoms with Gasteiger partial charge in [-0.3, -0.25) is 4.79 Å². The highest BCUT2D eigenvalue weighted by Crippen LogP contribution is 2.48. The van der Waals surface area contributed by atoms with Gasteiger partial charge in [0.1, 0.15) is 12.6 Å². The number of amides is 3. The number of halogens is 3. The summed E-state index contributed by atoms with van der Waals surface area (Å²) in [7, 11) is 0. The van der Waals surface area contributed by atoms with E-state index in [4.69, 9.17) is 0 Å². The standard InChI is InChI=1S/C18H24F3N3O2/c19-18(20,21)10-23-7-1-2-15(16(23)25)22-17(26)24-8-13-11-3-4-12(6-5-11)14(13)9-24/h3-4,11-15H,1-2,5-10H2,(H,22,26). The van der Waals surface area contributed by atoms with E-state index in [0.29, 0.717) is 49.6 Å². The lowest BCUT2D eigenvalue weighted by atomic mass is 9.64. The summed E-state index contributed by atoms with van der Waals surface area (Å²) in [4.78, 5) is 27.5. The summed E-state index contributed by atoms with van der Waals surface area (Å²) < 4.78 is 37.8. The number of piperidine rings is 1. The largest absolute Gasteiger partial charge is 0.406 e. The van der Waals surface area contributed by atoms with Gasteiger partial charge < -0.3 is 15.1 Å². The lowest BCUT2D eigenvalue weighted by Gasteiger charge is -2.40. The van der Waals surface area contributed by atoms with Gasteiger partial charge in [0.05, 0.1) is 0 Å². The van der Waals surface area contributed by atoms with E-state index in [1.54, 1.807) is 4.90 Å². The Balaban J connectivity index is 1.36. The molecule has 1 saturated carbocycles. The van der Waals surface area contributed by atoms with Gasteiger partial charge in [0, 0.05) is 19.6 Å². The number of rotatable bonds is 2. The molecule has 1 N–H and O–H groups in total. The molecule has 3 fully saturated rings. The maximum absolute atomic E-state index is 12.6. The summed E-state index contributed by atoms with van der Waals surface area (Å²) in [6.07, 6.45) is 3.33. The van der Waals surface area contributed by atoms with Crippen molar-refractivity contribution in [2.24, 2.45) is 23.7 Å². The van der Waals surface area contributed by atoms with E-state index in [-0.39, 0.29) is 12.6 Å². The second kappa shape index (κ2) is 6.46. The van der Waals surface area contributed by atoms with Crippen LogP contribution in [0.4, 0.5) is 18.0 Å². The zero-order valence-electron chi connectivity index (χ0n) is 14.5. The van der Waals surface area contributed by atoms with E-state index in [2.05, 4.69) is 17.5 Å². The number of nitrogens with one attached hydrogen (secondary N) is 1. The molecule has 8 heteroatoms. The van der Waals surface area contributed by atoms with E-state index in [0.717, 1.165) is 4.90 Å². The fourth-order valence-electron chi connectivity index (χ4n) is 5.19. The van der Waals surface area contributed by atoms with Gasteiger partial charge in [-0.1, -0.05) is 12.2 Å². The smallest absolute Gasteiger partial charge is 0.332 e. The molecule has 0 radical (unpaired) electrons. The number of allylic oxidation sites excluding steroid dienone is 2.